The van der Waals surface area contributed by atoms with Crippen LogP contribution in [0.4, 0.5) is 0 Å². The zero-order valence-corrected chi connectivity index (χ0v) is 16.7. The van der Waals surface area contributed by atoms with Crippen molar-refractivity contribution in [3.8, 4) is 0 Å². The largest absolute Gasteiger partial charge is 0.356 e. The third-order valence-corrected chi connectivity index (χ3v) is 4.86. The Hall–Kier alpha value is -2.16. The van der Waals surface area contributed by atoms with Crippen LogP contribution in [-0.2, 0) is 19.2 Å². The molecule has 1 aliphatic rings. The van der Waals surface area contributed by atoms with Gasteiger partial charge in [0.05, 0.1) is 12.5 Å². The number of carbonyl (C=O) groups is 4. The van der Waals surface area contributed by atoms with E-state index in [9.17, 15) is 24.4 Å². The number of nitrogens with one attached hydrogen (secondary N) is 3. The van der Waals surface area contributed by atoms with Crippen molar-refractivity contribution in [3.05, 3.63) is 0 Å². The van der Waals surface area contributed by atoms with Crippen LogP contribution in [0, 0.1) is 5.92 Å². The number of rotatable bonds is 8. The van der Waals surface area contributed by atoms with Gasteiger partial charge in [-0.25, -0.2) is 5.06 Å². The van der Waals surface area contributed by atoms with E-state index in [0.29, 0.717) is 43.8 Å². The second-order valence-corrected chi connectivity index (χ2v) is 7.31. The van der Waals surface area contributed by atoms with Crippen molar-refractivity contribution in [1.82, 2.24) is 21.0 Å². The zero-order valence-electron chi connectivity index (χ0n) is 16.7. The molecule has 4 N–H and O–H groups in total. The summed E-state index contributed by atoms with van der Waals surface area (Å²) in [6.07, 6.45) is 7.39. The minimum absolute atomic E-state index is 0.0911. The minimum atomic E-state index is -0.670. The van der Waals surface area contributed by atoms with Gasteiger partial charge in [0.25, 0.3) is 0 Å². The SMILES string of the molecule is CC(=O)NCCCC[C@@H]1NC(=O)C(CN(O)C=O)CCCCCCCNC1=O. The molecule has 9 nitrogen and oxygen atoms in total. The van der Waals surface area contributed by atoms with Gasteiger partial charge in [0, 0.05) is 20.0 Å². The van der Waals surface area contributed by atoms with Gasteiger partial charge in [0.2, 0.25) is 24.1 Å². The highest BCUT2D eigenvalue weighted by Crippen LogP contribution is 2.15. The van der Waals surface area contributed by atoms with Crippen LogP contribution in [0.2, 0.25) is 0 Å². The van der Waals surface area contributed by atoms with Crippen LogP contribution in [0.5, 0.6) is 0 Å². The van der Waals surface area contributed by atoms with Gasteiger partial charge >= 0.3 is 0 Å². The van der Waals surface area contributed by atoms with Crippen LogP contribution in [0.15, 0.2) is 0 Å². The molecule has 4 amide bonds. The fraction of sp³-hybridized carbons (Fsp3) is 0.789. The highest BCUT2D eigenvalue weighted by molar-refractivity contribution is 5.88. The molecule has 1 unspecified atom stereocenters. The molecule has 2 atom stereocenters. The van der Waals surface area contributed by atoms with E-state index in [1.54, 1.807) is 0 Å². The average molecular weight is 399 g/mol. The van der Waals surface area contributed by atoms with E-state index < -0.39 is 12.0 Å². The van der Waals surface area contributed by atoms with Gasteiger partial charge in [-0.05, 0) is 32.1 Å². The Morgan fingerprint density at radius 3 is 2.61 bits per heavy atom. The molecular weight excluding hydrogens is 364 g/mol. The van der Waals surface area contributed by atoms with E-state index in [1.807, 2.05) is 0 Å². The van der Waals surface area contributed by atoms with Crippen molar-refractivity contribution in [2.45, 2.75) is 70.8 Å². The first kappa shape index (κ1) is 23.9. The molecule has 0 saturated carbocycles. The molecule has 1 aliphatic heterocycles. The van der Waals surface area contributed by atoms with Crippen LogP contribution >= 0.6 is 0 Å². The molecule has 0 aliphatic carbocycles. The van der Waals surface area contributed by atoms with Crippen LogP contribution in [0.25, 0.3) is 0 Å². The Morgan fingerprint density at radius 2 is 1.89 bits per heavy atom. The average Bonchev–Trinajstić information content (AvgIpc) is 2.67. The predicted molar refractivity (Wildman–Crippen MR) is 103 cm³/mol. The maximum absolute atomic E-state index is 12.7. The monoisotopic (exact) mass is 398 g/mol. The Balaban J connectivity index is 2.71. The van der Waals surface area contributed by atoms with Crippen LogP contribution in [-0.4, -0.2) is 60.1 Å². The van der Waals surface area contributed by atoms with E-state index in [-0.39, 0.29) is 30.7 Å². The van der Waals surface area contributed by atoms with E-state index in [2.05, 4.69) is 16.0 Å². The lowest BCUT2D eigenvalue weighted by Gasteiger charge is -2.23. The third-order valence-electron chi connectivity index (χ3n) is 4.86. The lowest BCUT2D eigenvalue weighted by atomic mass is 9.98. The second kappa shape index (κ2) is 13.9. The maximum Gasteiger partial charge on any atom is 0.242 e. The predicted octanol–water partition coefficient (Wildman–Crippen LogP) is 0.712. The van der Waals surface area contributed by atoms with Gasteiger partial charge in [-0.15, -0.1) is 0 Å². The number of carbonyl (C=O) groups excluding carboxylic acids is 4. The Kier molecular flexibility index (Phi) is 11.9. The van der Waals surface area contributed by atoms with E-state index in [0.717, 1.165) is 32.1 Å². The van der Waals surface area contributed by atoms with Gasteiger partial charge in [-0.2, -0.15) is 0 Å². The van der Waals surface area contributed by atoms with E-state index in [1.165, 1.54) is 6.92 Å². The van der Waals surface area contributed by atoms with Crippen LogP contribution in [0.3, 0.4) is 0 Å². The molecule has 160 valence electrons. The van der Waals surface area contributed by atoms with Crippen molar-refractivity contribution in [2.24, 2.45) is 5.92 Å². The minimum Gasteiger partial charge on any atom is -0.356 e. The number of hydrogen-bond acceptors (Lipinski definition) is 5. The molecule has 0 aromatic heterocycles. The molecule has 0 spiro atoms. The lowest BCUT2D eigenvalue weighted by Crippen LogP contribution is -2.50. The molecular formula is C19H34N4O5. The van der Waals surface area contributed by atoms with E-state index in [4.69, 9.17) is 0 Å². The smallest absolute Gasteiger partial charge is 0.242 e. The fourth-order valence-corrected chi connectivity index (χ4v) is 3.25. The second-order valence-electron chi connectivity index (χ2n) is 7.31. The number of hydroxylamine groups is 2. The van der Waals surface area contributed by atoms with Crippen molar-refractivity contribution >= 4 is 24.1 Å². The van der Waals surface area contributed by atoms with Crippen LogP contribution in [0.1, 0.15) is 64.7 Å². The number of unbranched alkanes of at least 4 members (excludes halogenated alkanes) is 1. The fourth-order valence-electron chi connectivity index (χ4n) is 3.25. The van der Waals surface area contributed by atoms with Crippen molar-refractivity contribution < 1.29 is 24.4 Å². The number of amides is 4. The third kappa shape index (κ3) is 10.2. The van der Waals surface area contributed by atoms with E-state index >= 15 is 0 Å². The lowest BCUT2D eigenvalue weighted by molar-refractivity contribution is -0.155. The molecule has 0 aromatic rings. The van der Waals surface area contributed by atoms with Crippen molar-refractivity contribution in [3.63, 3.8) is 0 Å². The first-order valence-corrected chi connectivity index (χ1v) is 10.2. The Labute approximate surface area is 166 Å². The standard InChI is InChI=1S/C19H34N4O5/c1-15(25)20-11-8-6-10-17-19(27)21-12-7-4-2-3-5-9-16(18(26)22-17)13-23(28)14-24/h14,16-17,28H,2-13H2,1H3,(H,20,25)(H,21,27)(H,22,26)/t16?,17-/m0/s1. The summed E-state index contributed by atoms with van der Waals surface area (Å²) in [7, 11) is 0. The molecule has 0 radical (unpaired) electrons. The summed E-state index contributed by atoms with van der Waals surface area (Å²) in [6, 6.07) is -0.670. The summed E-state index contributed by atoms with van der Waals surface area (Å²) in [6.45, 7) is 2.47. The van der Waals surface area contributed by atoms with Crippen LogP contribution < -0.4 is 16.0 Å². The summed E-state index contributed by atoms with van der Waals surface area (Å²) >= 11 is 0. The highest BCUT2D eigenvalue weighted by Gasteiger charge is 2.26. The summed E-state index contributed by atoms with van der Waals surface area (Å²) < 4.78 is 0. The van der Waals surface area contributed by atoms with Gasteiger partial charge in [-0.3, -0.25) is 24.4 Å². The first-order chi connectivity index (χ1) is 13.4. The van der Waals surface area contributed by atoms with Gasteiger partial charge < -0.3 is 16.0 Å². The first-order valence-electron chi connectivity index (χ1n) is 10.2. The Bertz CT molecular complexity index is 515. The summed E-state index contributed by atoms with van der Waals surface area (Å²) in [4.78, 5) is 46.8. The maximum atomic E-state index is 12.7. The van der Waals surface area contributed by atoms with Gasteiger partial charge in [-0.1, -0.05) is 25.7 Å². The molecule has 1 rings (SSSR count). The highest BCUT2D eigenvalue weighted by atomic mass is 16.5. The molecule has 1 saturated heterocycles. The normalized spacial score (nSPS) is 21.9. The summed E-state index contributed by atoms with van der Waals surface area (Å²) in [5.74, 6) is -1.21. The molecule has 28 heavy (non-hydrogen) atoms. The molecule has 1 heterocycles. The summed E-state index contributed by atoms with van der Waals surface area (Å²) in [5, 5.41) is 18.4. The molecule has 9 heteroatoms. The molecule has 0 bridgehead atoms. The molecule has 0 aromatic carbocycles. The quantitative estimate of drug-likeness (QED) is 0.207. The Morgan fingerprint density at radius 1 is 1.18 bits per heavy atom. The molecule has 1 fully saturated rings. The number of hydrogen-bond donors (Lipinski definition) is 4. The van der Waals surface area contributed by atoms with Crippen molar-refractivity contribution in [1.29, 1.82) is 0 Å². The zero-order chi connectivity index (χ0) is 20.8. The number of nitrogens with zero attached hydrogens (tertiary/aromatic N) is 1. The topological polar surface area (TPSA) is 128 Å². The summed E-state index contributed by atoms with van der Waals surface area (Å²) in [5.41, 5.74) is 0. The van der Waals surface area contributed by atoms with Crippen molar-refractivity contribution in [2.75, 3.05) is 19.6 Å². The van der Waals surface area contributed by atoms with Gasteiger partial charge in [0.1, 0.15) is 6.04 Å². The van der Waals surface area contributed by atoms with Gasteiger partial charge in [0.15, 0.2) is 0 Å².